The van der Waals surface area contributed by atoms with Crippen LogP contribution in [0.5, 0.6) is 0 Å². The number of hydrogen-bond acceptors (Lipinski definition) is 4. The number of likely N-dealkylation sites (tertiary alicyclic amines) is 1. The molecule has 1 atom stereocenters. The van der Waals surface area contributed by atoms with Crippen LogP contribution in [-0.2, 0) is 14.2 Å². The van der Waals surface area contributed by atoms with Crippen molar-refractivity contribution < 1.29 is 19.0 Å². The summed E-state index contributed by atoms with van der Waals surface area (Å²) in [7, 11) is -1.59. The highest BCUT2D eigenvalue weighted by Gasteiger charge is 2.50. The van der Waals surface area contributed by atoms with Gasteiger partial charge >= 0.3 is 6.09 Å². The highest BCUT2D eigenvalue weighted by atomic mass is 28.3. The zero-order valence-electron chi connectivity index (χ0n) is 14.2. The minimum atomic E-state index is -1.59. The smallest absolute Gasteiger partial charge is 0.410 e. The van der Waals surface area contributed by atoms with Crippen molar-refractivity contribution in [2.75, 3.05) is 19.8 Å². The van der Waals surface area contributed by atoms with E-state index in [9.17, 15) is 4.79 Å². The van der Waals surface area contributed by atoms with Gasteiger partial charge in [-0.2, -0.15) is 0 Å². The number of hydrogen-bond donors (Lipinski definition) is 0. The van der Waals surface area contributed by atoms with E-state index in [2.05, 4.69) is 19.6 Å². The van der Waals surface area contributed by atoms with Crippen molar-refractivity contribution in [2.45, 2.75) is 70.3 Å². The van der Waals surface area contributed by atoms with Crippen LogP contribution < -0.4 is 0 Å². The maximum atomic E-state index is 12.5. The van der Waals surface area contributed by atoms with Gasteiger partial charge in [0.1, 0.15) is 5.60 Å². The van der Waals surface area contributed by atoms with Gasteiger partial charge in [-0.1, -0.05) is 19.6 Å². The fraction of sp³-hybridized carbons (Fsp3) is 0.933. The highest BCUT2D eigenvalue weighted by Crippen LogP contribution is 2.38. The number of ether oxygens (including phenoxy) is 3. The van der Waals surface area contributed by atoms with Crippen LogP contribution in [0.25, 0.3) is 0 Å². The lowest BCUT2D eigenvalue weighted by molar-refractivity contribution is -0.188. The summed E-state index contributed by atoms with van der Waals surface area (Å²) in [5, 5.41) is 0. The Morgan fingerprint density at radius 3 is 2.29 bits per heavy atom. The molecule has 5 nitrogen and oxygen atoms in total. The first-order chi connectivity index (χ1) is 9.53. The second-order valence-corrected chi connectivity index (χ2v) is 13.5. The summed E-state index contributed by atoms with van der Waals surface area (Å²) in [4.78, 5) is 14.4. The van der Waals surface area contributed by atoms with E-state index >= 15 is 0 Å². The lowest BCUT2D eigenvalue weighted by atomic mass is 10.0. The first kappa shape index (κ1) is 16.8. The molecular weight excluding hydrogens is 286 g/mol. The lowest BCUT2D eigenvalue weighted by Crippen LogP contribution is -2.62. The molecule has 2 rings (SSSR count). The van der Waals surface area contributed by atoms with Crippen LogP contribution in [0.15, 0.2) is 0 Å². The molecule has 2 aliphatic rings. The van der Waals surface area contributed by atoms with Gasteiger partial charge in [-0.25, -0.2) is 4.79 Å². The van der Waals surface area contributed by atoms with E-state index in [0.29, 0.717) is 19.8 Å². The standard InChI is InChI=1S/C15H29NO4Si/c1-14(2,3)20-13(17)16-8-7-15(18-9-10-19-15)11-12(16)21(4,5)6/h12H,7-11H2,1-6H3. The molecule has 0 saturated carbocycles. The molecule has 0 bridgehead atoms. The molecule has 0 aromatic heterocycles. The molecule has 2 aliphatic heterocycles. The quantitative estimate of drug-likeness (QED) is 0.698. The Labute approximate surface area is 128 Å². The van der Waals surface area contributed by atoms with E-state index in [0.717, 1.165) is 12.8 Å². The zero-order valence-corrected chi connectivity index (χ0v) is 15.2. The van der Waals surface area contributed by atoms with Crippen molar-refractivity contribution in [1.82, 2.24) is 4.90 Å². The van der Waals surface area contributed by atoms with Gasteiger partial charge in [-0.3, -0.25) is 0 Å². The van der Waals surface area contributed by atoms with E-state index in [4.69, 9.17) is 14.2 Å². The van der Waals surface area contributed by atoms with Crippen LogP contribution in [0.2, 0.25) is 19.6 Å². The summed E-state index contributed by atoms with van der Waals surface area (Å²) in [6.45, 7) is 14.5. The number of carbonyl (C=O) groups is 1. The number of nitrogens with zero attached hydrogens (tertiary/aromatic N) is 1. The normalized spacial score (nSPS) is 26.2. The van der Waals surface area contributed by atoms with Crippen LogP contribution in [-0.4, -0.2) is 55.9 Å². The zero-order chi connectivity index (χ0) is 15.9. The molecule has 21 heavy (non-hydrogen) atoms. The Bertz CT molecular complexity index is 393. The van der Waals surface area contributed by atoms with Crippen molar-refractivity contribution in [2.24, 2.45) is 0 Å². The number of carbonyl (C=O) groups excluding carboxylic acids is 1. The van der Waals surface area contributed by atoms with Gasteiger partial charge in [-0.05, 0) is 20.8 Å². The van der Waals surface area contributed by atoms with Crippen LogP contribution in [0.4, 0.5) is 4.79 Å². The van der Waals surface area contributed by atoms with Gasteiger partial charge in [0.05, 0.1) is 21.3 Å². The fourth-order valence-electron chi connectivity index (χ4n) is 3.03. The predicted molar refractivity (Wildman–Crippen MR) is 83.9 cm³/mol. The molecule has 122 valence electrons. The van der Waals surface area contributed by atoms with Crippen molar-refractivity contribution >= 4 is 14.2 Å². The monoisotopic (exact) mass is 315 g/mol. The van der Waals surface area contributed by atoms with Crippen LogP contribution in [0.1, 0.15) is 33.6 Å². The van der Waals surface area contributed by atoms with Gasteiger partial charge in [-0.15, -0.1) is 0 Å². The molecule has 1 amide bonds. The second kappa shape index (κ2) is 5.55. The van der Waals surface area contributed by atoms with Gasteiger partial charge in [0.25, 0.3) is 0 Å². The molecular formula is C15H29NO4Si. The molecule has 0 aromatic carbocycles. The van der Waals surface area contributed by atoms with Crippen molar-refractivity contribution in [3.63, 3.8) is 0 Å². The molecule has 6 heteroatoms. The second-order valence-electron chi connectivity index (χ2n) is 8.12. The van der Waals surface area contributed by atoms with Crippen molar-refractivity contribution in [1.29, 1.82) is 0 Å². The third-order valence-electron chi connectivity index (χ3n) is 4.06. The Balaban J connectivity index is 2.15. The first-order valence-corrected chi connectivity index (χ1v) is 11.4. The van der Waals surface area contributed by atoms with Crippen molar-refractivity contribution in [3.8, 4) is 0 Å². The Morgan fingerprint density at radius 1 is 1.24 bits per heavy atom. The average Bonchev–Trinajstić information content (AvgIpc) is 2.74. The Kier molecular flexibility index (Phi) is 4.44. The topological polar surface area (TPSA) is 48.0 Å². The molecule has 1 unspecified atom stereocenters. The van der Waals surface area contributed by atoms with E-state index in [1.165, 1.54) is 0 Å². The molecule has 0 radical (unpaired) electrons. The molecule has 0 aromatic rings. The van der Waals surface area contributed by atoms with Gasteiger partial charge in [0, 0.05) is 25.1 Å². The maximum Gasteiger partial charge on any atom is 0.410 e. The average molecular weight is 315 g/mol. The highest BCUT2D eigenvalue weighted by molar-refractivity contribution is 6.77. The van der Waals surface area contributed by atoms with Gasteiger partial charge < -0.3 is 19.1 Å². The van der Waals surface area contributed by atoms with E-state index in [-0.39, 0.29) is 11.8 Å². The largest absolute Gasteiger partial charge is 0.444 e. The van der Waals surface area contributed by atoms with Crippen LogP contribution >= 0.6 is 0 Å². The molecule has 2 heterocycles. The summed E-state index contributed by atoms with van der Waals surface area (Å²) in [6.07, 6.45) is 1.29. The number of piperidine rings is 1. The van der Waals surface area contributed by atoms with Crippen molar-refractivity contribution in [3.05, 3.63) is 0 Å². The third-order valence-corrected chi connectivity index (χ3v) is 6.57. The molecule has 2 fully saturated rings. The minimum absolute atomic E-state index is 0.180. The molecule has 2 saturated heterocycles. The summed E-state index contributed by atoms with van der Waals surface area (Å²) < 4.78 is 17.3. The summed E-state index contributed by atoms with van der Waals surface area (Å²) in [5.74, 6) is -0.469. The minimum Gasteiger partial charge on any atom is -0.444 e. The summed E-state index contributed by atoms with van der Waals surface area (Å²) in [6, 6.07) is 0. The first-order valence-electron chi connectivity index (χ1n) is 7.80. The third kappa shape index (κ3) is 3.99. The Morgan fingerprint density at radius 2 is 1.81 bits per heavy atom. The van der Waals surface area contributed by atoms with Gasteiger partial charge in [0.2, 0.25) is 0 Å². The SMILES string of the molecule is CC(C)(C)OC(=O)N1CCC2(CC1[Si](C)(C)C)OCCO2. The van der Waals surface area contributed by atoms with E-state index in [1.807, 2.05) is 25.7 Å². The maximum absolute atomic E-state index is 12.5. The van der Waals surface area contributed by atoms with E-state index < -0.39 is 19.5 Å². The Hall–Kier alpha value is -0.593. The molecule has 1 spiro atoms. The summed E-state index contributed by atoms with van der Waals surface area (Å²) >= 11 is 0. The molecule has 0 N–H and O–H groups in total. The van der Waals surface area contributed by atoms with E-state index in [1.54, 1.807) is 0 Å². The number of amides is 1. The van der Waals surface area contributed by atoms with Gasteiger partial charge in [0.15, 0.2) is 5.79 Å². The van der Waals surface area contributed by atoms with Crippen LogP contribution in [0, 0.1) is 0 Å². The molecule has 0 aliphatic carbocycles. The predicted octanol–water partition coefficient (Wildman–Crippen LogP) is 3.01. The van der Waals surface area contributed by atoms with Crippen LogP contribution in [0.3, 0.4) is 0 Å². The summed E-state index contributed by atoms with van der Waals surface area (Å²) in [5.41, 5.74) is -0.282. The fourth-order valence-corrected chi connectivity index (χ4v) is 5.12. The number of rotatable bonds is 1. The lowest BCUT2D eigenvalue weighted by Gasteiger charge is -2.48.